The summed E-state index contributed by atoms with van der Waals surface area (Å²) in [5.41, 5.74) is 2.44. The molecule has 1 atom stereocenters. The number of nitrogens with zero attached hydrogens (tertiary/aromatic N) is 2. The highest BCUT2D eigenvalue weighted by molar-refractivity contribution is 7.81. The van der Waals surface area contributed by atoms with Gasteiger partial charge in [-0.3, -0.25) is 9.69 Å². The molecular formula is C25H24N2O3S. The quantitative estimate of drug-likeness (QED) is 0.470. The number of ether oxygens (including phenoxy) is 2. The Kier molecular flexibility index (Phi) is 6.18. The maximum absolute atomic E-state index is 13.6. The molecule has 5 nitrogen and oxygen atoms in total. The monoisotopic (exact) mass is 432 g/mol. The van der Waals surface area contributed by atoms with Gasteiger partial charge in [-0.2, -0.15) is 0 Å². The second-order valence-corrected chi connectivity index (χ2v) is 7.36. The lowest BCUT2D eigenvalue weighted by Crippen LogP contribution is -2.32. The van der Waals surface area contributed by atoms with Crippen LogP contribution in [0.15, 0.2) is 78.9 Å². The average molecular weight is 433 g/mol. The van der Waals surface area contributed by atoms with Gasteiger partial charge in [0.05, 0.1) is 18.9 Å². The molecule has 0 N–H and O–H groups in total. The number of thiocarbonyl (C=S) groups is 1. The van der Waals surface area contributed by atoms with Crippen molar-refractivity contribution in [2.45, 2.75) is 19.9 Å². The lowest BCUT2D eigenvalue weighted by molar-refractivity contribution is -0.118. The highest BCUT2D eigenvalue weighted by Gasteiger charge is 2.44. The Labute approximate surface area is 187 Å². The maximum Gasteiger partial charge on any atom is 0.261 e. The summed E-state index contributed by atoms with van der Waals surface area (Å²) in [6.07, 6.45) is 0. The largest absolute Gasteiger partial charge is 0.494 e. The Morgan fingerprint density at radius 2 is 1.29 bits per heavy atom. The van der Waals surface area contributed by atoms with Gasteiger partial charge in [0.1, 0.15) is 17.5 Å². The summed E-state index contributed by atoms with van der Waals surface area (Å²) < 4.78 is 11.1. The van der Waals surface area contributed by atoms with Gasteiger partial charge in [-0.05, 0) is 80.2 Å². The molecule has 31 heavy (non-hydrogen) atoms. The summed E-state index contributed by atoms with van der Waals surface area (Å²) in [4.78, 5) is 17.1. The number of amides is 1. The van der Waals surface area contributed by atoms with Gasteiger partial charge in [-0.15, -0.1) is 0 Å². The molecule has 6 heteroatoms. The first-order chi connectivity index (χ1) is 15.1. The van der Waals surface area contributed by atoms with Crippen LogP contribution in [0.5, 0.6) is 11.5 Å². The first kappa shape index (κ1) is 20.9. The summed E-state index contributed by atoms with van der Waals surface area (Å²) in [6.45, 7) is 5.06. The van der Waals surface area contributed by atoms with E-state index >= 15 is 0 Å². The van der Waals surface area contributed by atoms with Crippen molar-refractivity contribution in [3.05, 3.63) is 84.4 Å². The zero-order chi connectivity index (χ0) is 21.8. The van der Waals surface area contributed by atoms with Crippen LogP contribution in [0.1, 0.15) is 25.5 Å². The van der Waals surface area contributed by atoms with Crippen LogP contribution in [0, 0.1) is 0 Å². The Morgan fingerprint density at radius 3 is 1.81 bits per heavy atom. The molecule has 1 aliphatic heterocycles. The molecule has 0 saturated carbocycles. The van der Waals surface area contributed by atoms with E-state index in [9.17, 15) is 4.79 Å². The Morgan fingerprint density at radius 1 is 0.774 bits per heavy atom. The summed E-state index contributed by atoms with van der Waals surface area (Å²) >= 11 is 5.82. The highest BCUT2D eigenvalue weighted by atomic mass is 32.1. The van der Waals surface area contributed by atoms with Crippen molar-refractivity contribution in [1.82, 2.24) is 0 Å². The van der Waals surface area contributed by atoms with Crippen molar-refractivity contribution in [3.8, 4) is 11.5 Å². The molecule has 1 fully saturated rings. The molecule has 3 aromatic rings. The first-order valence-electron chi connectivity index (χ1n) is 10.3. The SMILES string of the molecule is CCOc1ccc(N2C(=O)C(c3ccccc3)N(c3ccc(OCC)cc3)C2=S)cc1. The van der Waals surface area contributed by atoms with Gasteiger partial charge >= 0.3 is 0 Å². The zero-order valence-electron chi connectivity index (χ0n) is 17.5. The second-order valence-electron chi connectivity index (χ2n) is 6.99. The molecule has 1 amide bonds. The Balaban J connectivity index is 1.74. The van der Waals surface area contributed by atoms with Gasteiger partial charge in [0, 0.05) is 5.69 Å². The highest BCUT2D eigenvalue weighted by Crippen LogP contribution is 2.39. The van der Waals surface area contributed by atoms with E-state index in [2.05, 4.69) is 0 Å². The van der Waals surface area contributed by atoms with E-state index in [0.29, 0.717) is 24.0 Å². The predicted molar refractivity (Wildman–Crippen MR) is 127 cm³/mol. The first-order valence-corrected chi connectivity index (χ1v) is 10.7. The standard InChI is InChI=1S/C25H24N2O3S/c1-3-29-21-14-10-19(11-15-21)26-23(18-8-6-5-7-9-18)24(28)27(25(26)31)20-12-16-22(17-13-20)30-4-2/h5-17,23H,3-4H2,1-2H3. The van der Waals surface area contributed by atoms with Crippen molar-refractivity contribution in [2.24, 2.45) is 0 Å². The molecule has 0 spiro atoms. The molecule has 0 aromatic heterocycles. The fourth-order valence-electron chi connectivity index (χ4n) is 3.70. The van der Waals surface area contributed by atoms with E-state index in [1.54, 1.807) is 4.90 Å². The van der Waals surface area contributed by atoms with Crippen LogP contribution in [0.25, 0.3) is 0 Å². The van der Waals surface area contributed by atoms with Crippen LogP contribution >= 0.6 is 12.2 Å². The smallest absolute Gasteiger partial charge is 0.261 e. The molecule has 0 radical (unpaired) electrons. The van der Waals surface area contributed by atoms with E-state index in [1.165, 1.54) is 0 Å². The van der Waals surface area contributed by atoms with Gasteiger partial charge < -0.3 is 14.4 Å². The van der Waals surface area contributed by atoms with E-state index in [1.807, 2.05) is 97.6 Å². The second kappa shape index (κ2) is 9.18. The normalized spacial score (nSPS) is 16.0. The molecule has 4 rings (SSSR count). The topological polar surface area (TPSA) is 42.0 Å². The van der Waals surface area contributed by atoms with E-state index in [-0.39, 0.29) is 5.91 Å². The van der Waals surface area contributed by atoms with E-state index in [0.717, 1.165) is 22.7 Å². The molecule has 158 valence electrons. The van der Waals surface area contributed by atoms with Gasteiger partial charge in [0.25, 0.3) is 5.91 Å². The van der Waals surface area contributed by atoms with Crippen LogP contribution in [0.2, 0.25) is 0 Å². The van der Waals surface area contributed by atoms with Crippen molar-refractivity contribution in [1.29, 1.82) is 0 Å². The van der Waals surface area contributed by atoms with Gasteiger partial charge in [-0.25, -0.2) is 0 Å². The number of anilines is 2. The Bertz CT molecular complexity index is 1050. The minimum absolute atomic E-state index is 0.0887. The van der Waals surface area contributed by atoms with E-state index in [4.69, 9.17) is 21.7 Å². The summed E-state index contributed by atoms with van der Waals surface area (Å²) in [5.74, 6) is 1.45. The number of hydrogen-bond donors (Lipinski definition) is 0. The van der Waals surface area contributed by atoms with Crippen LogP contribution in [0.3, 0.4) is 0 Å². The minimum atomic E-state index is -0.543. The molecule has 3 aromatic carbocycles. The maximum atomic E-state index is 13.6. The average Bonchev–Trinajstić information content (AvgIpc) is 3.06. The lowest BCUT2D eigenvalue weighted by Gasteiger charge is -2.24. The lowest BCUT2D eigenvalue weighted by atomic mass is 10.1. The minimum Gasteiger partial charge on any atom is -0.494 e. The molecule has 1 aliphatic rings. The molecular weight excluding hydrogens is 408 g/mol. The summed E-state index contributed by atoms with van der Waals surface area (Å²) in [6, 6.07) is 24.2. The van der Waals surface area contributed by atoms with Crippen molar-refractivity contribution < 1.29 is 14.3 Å². The van der Waals surface area contributed by atoms with Crippen molar-refractivity contribution >= 4 is 34.6 Å². The number of rotatable bonds is 7. The number of hydrogen-bond acceptors (Lipinski definition) is 4. The molecule has 1 saturated heterocycles. The molecule has 1 heterocycles. The fraction of sp³-hybridized carbons (Fsp3) is 0.200. The summed E-state index contributed by atoms with van der Waals surface area (Å²) in [7, 11) is 0. The van der Waals surface area contributed by atoms with Gasteiger partial charge in [-0.1, -0.05) is 30.3 Å². The van der Waals surface area contributed by atoms with Crippen molar-refractivity contribution in [2.75, 3.05) is 23.0 Å². The predicted octanol–water partition coefficient (Wildman–Crippen LogP) is 5.36. The van der Waals surface area contributed by atoms with Crippen LogP contribution in [-0.2, 0) is 4.79 Å². The van der Waals surface area contributed by atoms with Crippen molar-refractivity contribution in [3.63, 3.8) is 0 Å². The molecule has 0 bridgehead atoms. The molecule has 1 unspecified atom stereocenters. The third kappa shape index (κ3) is 4.11. The fourth-order valence-corrected chi connectivity index (χ4v) is 4.10. The third-order valence-electron chi connectivity index (χ3n) is 5.06. The molecule has 0 aliphatic carbocycles. The van der Waals surface area contributed by atoms with E-state index < -0.39 is 6.04 Å². The van der Waals surface area contributed by atoms with Crippen LogP contribution in [-0.4, -0.2) is 24.2 Å². The van der Waals surface area contributed by atoms with Gasteiger partial charge in [0.15, 0.2) is 5.11 Å². The van der Waals surface area contributed by atoms with Crippen LogP contribution < -0.4 is 19.3 Å². The zero-order valence-corrected chi connectivity index (χ0v) is 18.3. The van der Waals surface area contributed by atoms with Gasteiger partial charge in [0.2, 0.25) is 0 Å². The third-order valence-corrected chi connectivity index (χ3v) is 5.44. The number of carbonyl (C=O) groups is 1. The number of benzene rings is 3. The summed E-state index contributed by atoms with van der Waals surface area (Å²) in [5, 5.41) is 0.437. The number of carbonyl (C=O) groups excluding carboxylic acids is 1. The Hall–Kier alpha value is -3.38. The van der Waals surface area contributed by atoms with Crippen LogP contribution in [0.4, 0.5) is 11.4 Å².